The highest BCUT2D eigenvalue weighted by molar-refractivity contribution is 5.95. The van der Waals surface area contributed by atoms with Crippen LogP contribution in [0.4, 0.5) is 5.69 Å². The fourth-order valence-corrected chi connectivity index (χ4v) is 4.72. The molecule has 1 amide bonds. The molecule has 29 heavy (non-hydrogen) atoms. The molecule has 3 fully saturated rings. The van der Waals surface area contributed by atoms with Gasteiger partial charge in [0.05, 0.1) is 24.0 Å². The third-order valence-electron chi connectivity index (χ3n) is 5.94. The molecular formula is C21H23NO7. The van der Waals surface area contributed by atoms with Crippen molar-refractivity contribution in [2.75, 3.05) is 18.5 Å². The molecule has 4 rings (SSSR count). The smallest absolute Gasteiger partial charge is 0.338 e. The Balaban J connectivity index is 1.27. The Kier molecular flexibility index (Phi) is 5.25. The van der Waals surface area contributed by atoms with Crippen LogP contribution >= 0.6 is 0 Å². The van der Waals surface area contributed by atoms with Crippen LogP contribution < -0.4 is 5.32 Å². The van der Waals surface area contributed by atoms with Gasteiger partial charge in [-0.05, 0) is 49.4 Å². The van der Waals surface area contributed by atoms with E-state index in [2.05, 4.69) is 5.32 Å². The van der Waals surface area contributed by atoms with E-state index in [-0.39, 0.29) is 23.9 Å². The molecule has 0 aromatic heterocycles. The van der Waals surface area contributed by atoms with Gasteiger partial charge in [0, 0.05) is 11.6 Å². The Labute approximate surface area is 167 Å². The van der Waals surface area contributed by atoms with Crippen LogP contribution in [-0.4, -0.2) is 43.1 Å². The molecule has 8 heteroatoms. The fraction of sp³-hybridized carbons (Fsp3) is 0.524. The van der Waals surface area contributed by atoms with Crippen molar-refractivity contribution in [3.05, 3.63) is 29.8 Å². The van der Waals surface area contributed by atoms with Gasteiger partial charge in [-0.2, -0.15) is 0 Å². The summed E-state index contributed by atoms with van der Waals surface area (Å²) in [5.74, 6) is -2.46. The maximum atomic E-state index is 12.5. The first-order valence-electron chi connectivity index (χ1n) is 9.92. The molecule has 0 radical (unpaired) electrons. The Bertz CT molecular complexity index is 832. The molecule has 1 aromatic rings. The number of benzene rings is 1. The minimum absolute atomic E-state index is 0.0490. The highest BCUT2D eigenvalue weighted by Crippen LogP contribution is 2.57. The van der Waals surface area contributed by atoms with Crippen molar-refractivity contribution in [1.82, 2.24) is 0 Å². The monoisotopic (exact) mass is 401 g/mol. The molecule has 1 saturated heterocycles. The summed E-state index contributed by atoms with van der Waals surface area (Å²) >= 11 is 0. The molecule has 2 aliphatic carbocycles. The summed E-state index contributed by atoms with van der Waals surface area (Å²) in [6.45, 7) is 1.83. The number of anilines is 1. The van der Waals surface area contributed by atoms with Crippen molar-refractivity contribution in [2.45, 2.75) is 32.3 Å². The Morgan fingerprint density at radius 1 is 1.14 bits per heavy atom. The zero-order chi connectivity index (χ0) is 20.5. The average Bonchev–Trinajstić information content (AvgIpc) is 3.33. The highest BCUT2D eigenvalue weighted by Gasteiger charge is 2.64. The van der Waals surface area contributed by atoms with Crippen LogP contribution in [-0.2, 0) is 28.6 Å². The largest absolute Gasteiger partial charge is 0.462 e. The van der Waals surface area contributed by atoms with Gasteiger partial charge in [-0.1, -0.05) is 6.92 Å². The number of ether oxygens (including phenoxy) is 3. The standard InChI is InChI=1S/C21H23NO7/c1-2-7-27-19(24)11-3-5-13(6-4-11)22-16(23)10-28-20(25)17-12-8-14-15(9-12)29-21(26)18(14)17/h3-6,12,14-15,17-18H,2,7-10H2,1H3,(H,22,23)/t12-,14+,15-,17+,18+/m1/s1. The molecule has 1 heterocycles. The number of carbonyl (C=O) groups excluding carboxylic acids is 4. The molecule has 154 valence electrons. The highest BCUT2D eigenvalue weighted by atomic mass is 16.6. The van der Waals surface area contributed by atoms with Crippen LogP contribution in [0.1, 0.15) is 36.5 Å². The summed E-state index contributed by atoms with van der Waals surface area (Å²) in [5, 5.41) is 2.61. The lowest BCUT2D eigenvalue weighted by Crippen LogP contribution is -2.34. The normalized spacial score (nSPS) is 28.7. The first-order chi connectivity index (χ1) is 14.0. The van der Waals surface area contributed by atoms with Gasteiger partial charge in [-0.25, -0.2) is 4.79 Å². The lowest BCUT2D eigenvalue weighted by molar-refractivity contribution is -0.157. The van der Waals surface area contributed by atoms with Gasteiger partial charge in [0.1, 0.15) is 6.10 Å². The Hall–Kier alpha value is -2.90. The molecule has 0 unspecified atom stereocenters. The first-order valence-corrected chi connectivity index (χ1v) is 9.92. The van der Waals surface area contributed by atoms with Crippen LogP contribution in [0.25, 0.3) is 0 Å². The summed E-state index contributed by atoms with van der Waals surface area (Å²) in [6.07, 6.45) is 2.20. The number of rotatable bonds is 7. The second kappa shape index (κ2) is 7.85. The lowest BCUT2D eigenvalue weighted by Gasteiger charge is -2.22. The zero-order valence-electron chi connectivity index (χ0n) is 16.1. The van der Waals surface area contributed by atoms with E-state index in [0.29, 0.717) is 24.3 Å². The van der Waals surface area contributed by atoms with E-state index in [0.717, 1.165) is 12.8 Å². The number of hydrogen-bond donors (Lipinski definition) is 1. The van der Waals surface area contributed by atoms with Crippen molar-refractivity contribution in [1.29, 1.82) is 0 Å². The van der Waals surface area contributed by atoms with Gasteiger partial charge in [-0.15, -0.1) is 0 Å². The van der Waals surface area contributed by atoms with Gasteiger partial charge >= 0.3 is 17.9 Å². The van der Waals surface area contributed by atoms with Crippen molar-refractivity contribution in [3.8, 4) is 0 Å². The molecule has 5 atom stereocenters. The van der Waals surface area contributed by atoms with Crippen molar-refractivity contribution in [3.63, 3.8) is 0 Å². The minimum atomic E-state index is -0.510. The SMILES string of the molecule is CCCOC(=O)c1ccc(NC(=O)COC(=O)[C@H]2[C@@H]3C[C@@H]4[C@@H]2C(=O)O[C@@H]4C3)cc1. The second-order valence-electron chi connectivity index (χ2n) is 7.79. The number of carbonyl (C=O) groups is 4. The number of esters is 3. The summed E-state index contributed by atoms with van der Waals surface area (Å²) in [5.41, 5.74) is 0.862. The maximum absolute atomic E-state index is 12.5. The van der Waals surface area contributed by atoms with E-state index in [1.165, 1.54) is 0 Å². The van der Waals surface area contributed by atoms with Gasteiger partial charge in [0.15, 0.2) is 6.61 Å². The number of amides is 1. The van der Waals surface area contributed by atoms with E-state index in [4.69, 9.17) is 14.2 Å². The summed E-state index contributed by atoms with van der Waals surface area (Å²) in [6, 6.07) is 6.26. The average molecular weight is 401 g/mol. The lowest BCUT2D eigenvalue weighted by atomic mass is 9.80. The Morgan fingerprint density at radius 3 is 2.62 bits per heavy atom. The van der Waals surface area contributed by atoms with Crippen LogP contribution in [0.15, 0.2) is 24.3 Å². The second-order valence-corrected chi connectivity index (χ2v) is 7.79. The first kappa shape index (κ1) is 19.4. The van der Waals surface area contributed by atoms with E-state index in [9.17, 15) is 19.2 Å². The summed E-state index contributed by atoms with van der Waals surface area (Å²) in [4.78, 5) is 48.3. The maximum Gasteiger partial charge on any atom is 0.338 e. The van der Waals surface area contributed by atoms with Gasteiger partial charge in [-0.3, -0.25) is 14.4 Å². The van der Waals surface area contributed by atoms with E-state index in [1.54, 1.807) is 24.3 Å². The van der Waals surface area contributed by atoms with Crippen molar-refractivity contribution < 1.29 is 33.4 Å². The van der Waals surface area contributed by atoms with E-state index in [1.807, 2.05) is 6.92 Å². The van der Waals surface area contributed by atoms with Crippen LogP contribution in [0.3, 0.4) is 0 Å². The molecule has 8 nitrogen and oxygen atoms in total. The molecule has 1 aliphatic heterocycles. The fourth-order valence-electron chi connectivity index (χ4n) is 4.72. The number of hydrogen-bond acceptors (Lipinski definition) is 7. The molecule has 2 saturated carbocycles. The van der Waals surface area contributed by atoms with Gasteiger partial charge in [0.25, 0.3) is 5.91 Å². The van der Waals surface area contributed by atoms with E-state index >= 15 is 0 Å². The predicted molar refractivity (Wildman–Crippen MR) is 99.7 cm³/mol. The van der Waals surface area contributed by atoms with Crippen molar-refractivity contribution in [2.24, 2.45) is 23.7 Å². The molecule has 1 N–H and O–H groups in total. The third-order valence-corrected chi connectivity index (χ3v) is 5.94. The summed E-state index contributed by atoms with van der Waals surface area (Å²) < 4.78 is 15.5. The van der Waals surface area contributed by atoms with Crippen LogP contribution in [0.5, 0.6) is 0 Å². The molecule has 0 spiro atoms. The molecule has 2 bridgehead atoms. The summed E-state index contributed by atoms with van der Waals surface area (Å²) in [7, 11) is 0. The van der Waals surface area contributed by atoms with E-state index < -0.39 is 36.3 Å². The molecular weight excluding hydrogens is 378 g/mol. The third kappa shape index (κ3) is 3.71. The quantitative estimate of drug-likeness (QED) is 0.549. The van der Waals surface area contributed by atoms with Crippen molar-refractivity contribution >= 4 is 29.5 Å². The minimum Gasteiger partial charge on any atom is -0.462 e. The number of nitrogens with one attached hydrogen (secondary N) is 1. The topological polar surface area (TPSA) is 108 Å². The van der Waals surface area contributed by atoms with Gasteiger partial charge in [0.2, 0.25) is 0 Å². The van der Waals surface area contributed by atoms with Crippen LogP contribution in [0, 0.1) is 23.7 Å². The Morgan fingerprint density at radius 2 is 1.90 bits per heavy atom. The molecule has 1 aromatic carbocycles. The number of fused-ring (bicyclic) bond motifs is 1. The molecule has 3 aliphatic rings. The van der Waals surface area contributed by atoms with Gasteiger partial charge < -0.3 is 19.5 Å². The predicted octanol–water partition coefficient (Wildman–Crippen LogP) is 1.93. The van der Waals surface area contributed by atoms with Crippen LogP contribution in [0.2, 0.25) is 0 Å². The zero-order valence-corrected chi connectivity index (χ0v) is 16.1.